The summed E-state index contributed by atoms with van der Waals surface area (Å²) in [7, 11) is -7.07. The van der Waals surface area contributed by atoms with E-state index in [1.165, 1.54) is 6.07 Å². The zero-order valence-corrected chi connectivity index (χ0v) is 13.2. The number of aliphatic hydroxyl groups excluding tert-OH is 1. The monoisotopic (exact) mass is 331 g/mol. The van der Waals surface area contributed by atoms with Gasteiger partial charge in [0.15, 0.2) is 0 Å². The Balaban J connectivity index is 2.96. The van der Waals surface area contributed by atoms with Crippen LogP contribution in [0.3, 0.4) is 0 Å². The summed E-state index contributed by atoms with van der Waals surface area (Å²) in [6.45, 7) is -0.298. The van der Waals surface area contributed by atoms with Gasteiger partial charge < -0.3 is 5.11 Å². The molecule has 6 nitrogen and oxygen atoms in total. The topological polar surface area (TPSA) is 101 Å². The van der Waals surface area contributed by atoms with E-state index in [1.807, 2.05) is 0 Å². The Kier molecular flexibility index (Phi) is 6.36. The van der Waals surface area contributed by atoms with Crippen LogP contribution in [0.4, 0.5) is 0 Å². The van der Waals surface area contributed by atoms with E-state index in [9.17, 15) is 16.8 Å². The van der Waals surface area contributed by atoms with E-state index < -0.39 is 19.9 Å². The maximum absolute atomic E-state index is 12.1. The molecular formula is C13H17NO5S2. The summed E-state index contributed by atoms with van der Waals surface area (Å²) in [5.74, 6) is 5.06. The Hall–Kier alpha value is -1.40. The molecule has 0 unspecified atom stereocenters. The molecule has 0 atom stereocenters. The molecule has 0 aromatic heterocycles. The maximum Gasteiger partial charge on any atom is 0.241 e. The van der Waals surface area contributed by atoms with Gasteiger partial charge in [0.05, 0.1) is 17.3 Å². The molecule has 0 fully saturated rings. The molecule has 0 heterocycles. The molecule has 1 aromatic rings. The van der Waals surface area contributed by atoms with Gasteiger partial charge in [-0.1, -0.05) is 24.0 Å². The first-order valence-corrected chi connectivity index (χ1v) is 9.67. The number of rotatable bonds is 6. The largest absolute Gasteiger partial charge is 0.395 e. The second kappa shape index (κ2) is 7.56. The Morgan fingerprint density at radius 2 is 1.86 bits per heavy atom. The van der Waals surface area contributed by atoms with Crippen LogP contribution in [-0.2, 0) is 19.9 Å². The molecule has 0 bridgehead atoms. The van der Waals surface area contributed by atoms with Crippen molar-refractivity contribution in [2.24, 2.45) is 0 Å². The second-order valence-electron chi connectivity index (χ2n) is 4.30. The molecule has 21 heavy (non-hydrogen) atoms. The number of benzene rings is 1. The Morgan fingerprint density at radius 1 is 1.19 bits per heavy atom. The molecule has 116 valence electrons. The lowest BCUT2D eigenvalue weighted by Gasteiger charge is -2.08. The normalized spacial score (nSPS) is 11.7. The van der Waals surface area contributed by atoms with Crippen LogP contribution in [0.2, 0.25) is 0 Å². The Morgan fingerprint density at radius 3 is 2.48 bits per heavy atom. The highest BCUT2D eigenvalue weighted by atomic mass is 32.2. The maximum atomic E-state index is 12.1. The van der Waals surface area contributed by atoms with Gasteiger partial charge in [-0.3, -0.25) is 0 Å². The molecule has 1 aromatic carbocycles. The second-order valence-corrected chi connectivity index (χ2v) is 8.29. The summed E-state index contributed by atoms with van der Waals surface area (Å²) in [5.41, 5.74) is 0.304. The van der Waals surface area contributed by atoms with E-state index in [1.54, 1.807) is 18.2 Å². The van der Waals surface area contributed by atoms with Crippen LogP contribution >= 0.6 is 0 Å². The van der Waals surface area contributed by atoms with Crippen molar-refractivity contribution in [3.63, 3.8) is 0 Å². The van der Waals surface area contributed by atoms with Crippen molar-refractivity contribution in [2.45, 2.75) is 11.3 Å². The highest BCUT2D eigenvalue weighted by Crippen LogP contribution is 2.14. The first-order valence-electron chi connectivity index (χ1n) is 6.12. The zero-order chi connectivity index (χ0) is 15.9. The molecule has 0 aliphatic carbocycles. The number of hydrogen-bond acceptors (Lipinski definition) is 5. The fourth-order valence-electron chi connectivity index (χ4n) is 1.46. The van der Waals surface area contributed by atoms with Gasteiger partial charge >= 0.3 is 0 Å². The predicted octanol–water partition coefficient (Wildman–Crippen LogP) is -0.257. The van der Waals surface area contributed by atoms with Crippen molar-refractivity contribution in [2.75, 3.05) is 25.2 Å². The van der Waals surface area contributed by atoms with E-state index in [2.05, 4.69) is 16.6 Å². The van der Waals surface area contributed by atoms with Crippen LogP contribution in [0.1, 0.15) is 12.0 Å². The molecule has 0 saturated heterocycles. The van der Waals surface area contributed by atoms with Gasteiger partial charge in [-0.25, -0.2) is 21.6 Å². The van der Waals surface area contributed by atoms with Gasteiger partial charge in [0, 0.05) is 24.8 Å². The van der Waals surface area contributed by atoms with Crippen molar-refractivity contribution >= 4 is 19.9 Å². The fourth-order valence-corrected chi connectivity index (χ4v) is 3.25. The van der Waals surface area contributed by atoms with E-state index >= 15 is 0 Å². The van der Waals surface area contributed by atoms with E-state index in [4.69, 9.17) is 5.11 Å². The number of hydrogen-bond donors (Lipinski definition) is 2. The van der Waals surface area contributed by atoms with Crippen molar-refractivity contribution in [3.8, 4) is 11.8 Å². The van der Waals surface area contributed by atoms with Gasteiger partial charge in [0.25, 0.3) is 0 Å². The zero-order valence-electron chi connectivity index (χ0n) is 11.5. The SMILES string of the molecule is CS(=O)(=O)CCNS(=O)(=O)c1ccccc1C#CCCO. The summed E-state index contributed by atoms with van der Waals surface area (Å²) >= 11 is 0. The highest BCUT2D eigenvalue weighted by Gasteiger charge is 2.17. The third-order valence-electron chi connectivity index (χ3n) is 2.40. The molecule has 8 heteroatoms. The Bertz CT molecular complexity index is 742. The van der Waals surface area contributed by atoms with E-state index in [0.717, 1.165) is 6.26 Å². The summed E-state index contributed by atoms with van der Waals surface area (Å²) < 4.78 is 48.6. The average molecular weight is 331 g/mol. The van der Waals surface area contributed by atoms with Crippen LogP contribution in [-0.4, -0.2) is 47.1 Å². The number of aliphatic hydroxyl groups is 1. The van der Waals surface area contributed by atoms with E-state index in [-0.39, 0.29) is 30.2 Å². The molecular weight excluding hydrogens is 314 g/mol. The van der Waals surface area contributed by atoms with Gasteiger partial charge in [-0.15, -0.1) is 0 Å². The van der Waals surface area contributed by atoms with Crippen LogP contribution in [0, 0.1) is 11.8 Å². The van der Waals surface area contributed by atoms with Crippen LogP contribution in [0.25, 0.3) is 0 Å². The molecule has 0 spiro atoms. The molecule has 0 saturated carbocycles. The minimum atomic E-state index is -3.83. The number of sulfone groups is 1. The summed E-state index contributed by atoms with van der Waals surface area (Å²) in [6, 6.07) is 6.15. The Labute approximate surface area is 125 Å². The molecule has 0 amide bonds. The average Bonchev–Trinajstić information content (AvgIpc) is 2.37. The van der Waals surface area contributed by atoms with Gasteiger partial charge in [-0.05, 0) is 12.1 Å². The first kappa shape index (κ1) is 17.7. The highest BCUT2D eigenvalue weighted by molar-refractivity contribution is 7.91. The van der Waals surface area contributed by atoms with Crippen molar-refractivity contribution in [3.05, 3.63) is 29.8 Å². The smallest absolute Gasteiger partial charge is 0.241 e. The van der Waals surface area contributed by atoms with Crippen LogP contribution in [0.15, 0.2) is 29.2 Å². The van der Waals surface area contributed by atoms with Gasteiger partial charge in [-0.2, -0.15) is 0 Å². The lowest BCUT2D eigenvalue weighted by atomic mass is 10.2. The molecule has 2 N–H and O–H groups in total. The van der Waals surface area contributed by atoms with E-state index in [0.29, 0.717) is 5.56 Å². The minimum absolute atomic E-state index is 0.0102. The lowest BCUT2D eigenvalue weighted by molar-refractivity contribution is 0.305. The van der Waals surface area contributed by atoms with Gasteiger partial charge in [0.2, 0.25) is 10.0 Å². The van der Waals surface area contributed by atoms with Crippen LogP contribution in [0.5, 0.6) is 0 Å². The van der Waals surface area contributed by atoms with Crippen molar-refractivity contribution in [1.29, 1.82) is 0 Å². The number of nitrogens with one attached hydrogen (secondary N) is 1. The molecule has 0 radical (unpaired) electrons. The first-order chi connectivity index (χ1) is 9.76. The molecule has 0 aliphatic heterocycles. The molecule has 1 rings (SSSR count). The fraction of sp³-hybridized carbons (Fsp3) is 0.385. The third kappa shape index (κ3) is 6.27. The van der Waals surface area contributed by atoms with Crippen molar-refractivity contribution in [1.82, 2.24) is 4.72 Å². The van der Waals surface area contributed by atoms with Crippen molar-refractivity contribution < 1.29 is 21.9 Å². The summed E-state index contributed by atoms with van der Waals surface area (Å²) in [4.78, 5) is -0.0102. The molecule has 0 aliphatic rings. The van der Waals surface area contributed by atoms with Crippen LogP contribution < -0.4 is 4.72 Å². The minimum Gasteiger partial charge on any atom is -0.395 e. The standard InChI is InChI=1S/C13H17NO5S2/c1-20(16,17)11-9-14-21(18,19)13-8-3-2-6-12(13)7-4-5-10-15/h2-3,6,8,14-15H,5,9-11H2,1H3. The summed E-state index contributed by atoms with van der Waals surface area (Å²) in [5, 5.41) is 8.68. The third-order valence-corrected chi connectivity index (χ3v) is 4.87. The predicted molar refractivity (Wildman–Crippen MR) is 79.9 cm³/mol. The van der Waals surface area contributed by atoms with Gasteiger partial charge in [0.1, 0.15) is 9.84 Å². The quantitative estimate of drug-likeness (QED) is 0.700. The number of sulfonamides is 1. The summed E-state index contributed by atoms with van der Waals surface area (Å²) in [6.07, 6.45) is 1.28. The lowest BCUT2D eigenvalue weighted by Crippen LogP contribution is -2.29.